The van der Waals surface area contributed by atoms with Gasteiger partial charge in [0.25, 0.3) is 0 Å². The molecule has 36 heavy (non-hydrogen) atoms. The number of nitrogens with zero attached hydrogens (tertiary/aromatic N) is 5. The van der Waals surface area contributed by atoms with Crippen molar-refractivity contribution in [2.75, 3.05) is 11.4 Å². The highest BCUT2D eigenvalue weighted by Crippen LogP contribution is 2.34. The quantitative estimate of drug-likeness (QED) is 0.279. The zero-order valence-corrected chi connectivity index (χ0v) is 19.7. The van der Waals surface area contributed by atoms with Crippen molar-refractivity contribution in [2.45, 2.75) is 44.9 Å². The van der Waals surface area contributed by atoms with E-state index >= 15 is 0 Å². The van der Waals surface area contributed by atoms with Crippen molar-refractivity contribution in [1.82, 2.24) is 19.7 Å². The maximum absolute atomic E-state index is 13.7. The second-order valence-corrected chi connectivity index (χ2v) is 9.09. The van der Waals surface area contributed by atoms with Crippen molar-refractivity contribution in [3.63, 3.8) is 0 Å². The van der Waals surface area contributed by atoms with Crippen molar-refractivity contribution in [3.8, 4) is 11.4 Å². The molecule has 0 atom stereocenters. The molecule has 1 aliphatic rings. The van der Waals surface area contributed by atoms with E-state index in [-0.39, 0.29) is 11.9 Å². The molecule has 0 bridgehead atoms. The van der Waals surface area contributed by atoms with Gasteiger partial charge in [0.2, 0.25) is 5.95 Å². The molecule has 2 heterocycles. The first-order valence-corrected chi connectivity index (χ1v) is 11.8. The van der Waals surface area contributed by atoms with E-state index in [9.17, 15) is 17.6 Å². The third-order valence-corrected chi connectivity index (χ3v) is 6.42. The Hall–Kier alpha value is -3.75. The number of aryl methyl sites for hydroxylation is 1. The average Bonchev–Trinajstić information content (AvgIpc) is 3.61. The molecule has 1 aliphatic carbocycles. The molecule has 186 valence electrons. The van der Waals surface area contributed by atoms with Crippen molar-refractivity contribution in [1.29, 1.82) is 0 Å². The van der Waals surface area contributed by atoms with Crippen LogP contribution in [0.15, 0.2) is 67.0 Å². The summed E-state index contributed by atoms with van der Waals surface area (Å²) in [6.45, 7) is 2.60. The molecule has 1 fully saturated rings. The van der Waals surface area contributed by atoms with E-state index < -0.39 is 11.7 Å². The Kier molecular flexibility index (Phi) is 6.47. The molecule has 0 N–H and O–H groups in total. The Morgan fingerprint density at radius 2 is 1.86 bits per heavy atom. The van der Waals surface area contributed by atoms with Crippen molar-refractivity contribution >= 4 is 5.95 Å². The molecule has 5 rings (SSSR count). The van der Waals surface area contributed by atoms with Crippen LogP contribution in [-0.2, 0) is 19.1 Å². The van der Waals surface area contributed by atoms with Gasteiger partial charge in [0.05, 0.1) is 12.1 Å². The average molecular weight is 496 g/mol. The minimum Gasteiger partial charge on any atom is -0.338 e. The van der Waals surface area contributed by atoms with E-state index in [0.29, 0.717) is 36.8 Å². The molecular weight excluding hydrogens is 470 g/mol. The van der Waals surface area contributed by atoms with Crippen LogP contribution in [0.4, 0.5) is 23.5 Å². The first-order valence-electron chi connectivity index (χ1n) is 11.8. The van der Waals surface area contributed by atoms with Gasteiger partial charge in [-0.2, -0.15) is 13.2 Å². The van der Waals surface area contributed by atoms with Crippen molar-refractivity contribution < 1.29 is 17.6 Å². The summed E-state index contributed by atoms with van der Waals surface area (Å²) in [5.74, 6) is 0.964. The lowest BCUT2D eigenvalue weighted by molar-refractivity contribution is -0.137. The van der Waals surface area contributed by atoms with E-state index in [1.807, 2.05) is 16.7 Å². The minimum atomic E-state index is -4.40. The molecule has 0 aliphatic heterocycles. The molecule has 0 saturated heterocycles. The van der Waals surface area contributed by atoms with E-state index in [2.05, 4.69) is 20.1 Å². The van der Waals surface area contributed by atoms with Gasteiger partial charge in [0.1, 0.15) is 5.82 Å². The smallest absolute Gasteiger partial charge is 0.338 e. The Balaban J connectivity index is 1.51. The summed E-state index contributed by atoms with van der Waals surface area (Å²) in [6, 6.07) is 14.3. The number of hydrogen-bond donors (Lipinski definition) is 0. The lowest BCUT2D eigenvalue weighted by Gasteiger charge is -2.25. The highest BCUT2D eigenvalue weighted by molar-refractivity contribution is 5.57. The van der Waals surface area contributed by atoms with Gasteiger partial charge in [-0.05, 0) is 79.3 Å². The summed E-state index contributed by atoms with van der Waals surface area (Å²) < 4.78 is 55.3. The van der Waals surface area contributed by atoms with Crippen molar-refractivity contribution in [2.24, 2.45) is 0 Å². The van der Waals surface area contributed by atoms with Gasteiger partial charge in [0, 0.05) is 30.5 Å². The fraction of sp³-hybridized carbons (Fsp3) is 0.296. The molecule has 5 nitrogen and oxygen atoms in total. The monoisotopic (exact) mass is 495 g/mol. The molecule has 2 aromatic heterocycles. The number of anilines is 1. The number of rotatable bonds is 8. The van der Waals surface area contributed by atoms with Crippen LogP contribution in [0.5, 0.6) is 0 Å². The maximum atomic E-state index is 13.7. The number of halogens is 4. The van der Waals surface area contributed by atoms with Gasteiger partial charge in [-0.25, -0.2) is 4.39 Å². The standard InChI is InChI=1S/C27H25F4N5/c1-18-14-22(27(29,30)31)8-7-21(18)17-36-25(20-5-3-12-32-16-20)33-34-26(36)35(24-9-10-24)13-11-19-4-2-6-23(28)15-19/h2-8,12,14-16,24H,9-11,13,17H2,1H3. The predicted octanol–water partition coefficient (Wildman–Crippen LogP) is 6.07. The third-order valence-electron chi connectivity index (χ3n) is 6.42. The Labute approximate surface area is 206 Å². The van der Waals surface area contributed by atoms with Gasteiger partial charge in [0.15, 0.2) is 5.82 Å². The summed E-state index contributed by atoms with van der Waals surface area (Å²) in [5.41, 5.74) is 2.27. The fourth-order valence-corrected chi connectivity index (χ4v) is 4.36. The Morgan fingerprint density at radius 1 is 1.03 bits per heavy atom. The zero-order chi connectivity index (χ0) is 25.3. The largest absolute Gasteiger partial charge is 0.416 e. The first-order chi connectivity index (χ1) is 17.3. The molecular formula is C27H25F4N5. The van der Waals surface area contributed by atoms with Gasteiger partial charge < -0.3 is 4.90 Å². The minimum absolute atomic E-state index is 0.273. The molecule has 0 unspecified atom stereocenters. The number of benzene rings is 2. The van der Waals surface area contributed by atoms with Crippen LogP contribution in [0.2, 0.25) is 0 Å². The second-order valence-electron chi connectivity index (χ2n) is 9.09. The van der Waals surface area contributed by atoms with Crippen LogP contribution >= 0.6 is 0 Å². The van der Waals surface area contributed by atoms with Gasteiger partial charge in [-0.15, -0.1) is 10.2 Å². The number of alkyl halides is 3. The normalized spacial score (nSPS) is 13.7. The van der Waals surface area contributed by atoms with E-state index in [4.69, 9.17) is 0 Å². The topological polar surface area (TPSA) is 46.8 Å². The molecule has 1 saturated carbocycles. The van der Waals surface area contributed by atoms with Gasteiger partial charge in [-0.1, -0.05) is 18.2 Å². The summed E-state index contributed by atoms with van der Waals surface area (Å²) in [7, 11) is 0. The molecule has 4 aromatic rings. The van der Waals surface area contributed by atoms with E-state index in [1.54, 1.807) is 31.5 Å². The molecule has 0 spiro atoms. The number of hydrogen-bond acceptors (Lipinski definition) is 4. The molecule has 0 amide bonds. The number of pyridine rings is 1. The van der Waals surface area contributed by atoms with E-state index in [0.717, 1.165) is 35.6 Å². The van der Waals surface area contributed by atoms with Crippen LogP contribution in [0.3, 0.4) is 0 Å². The van der Waals surface area contributed by atoms with Gasteiger partial charge in [-0.3, -0.25) is 9.55 Å². The summed E-state index contributed by atoms with van der Waals surface area (Å²) in [5, 5.41) is 8.98. The van der Waals surface area contributed by atoms with Crippen LogP contribution < -0.4 is 4.90 Å². The molecule has 2 aromatic carbocycles. The summed E-state index contributed by atoms with van der Waals surface area (Å²) in [6.07, 6.45) is 1.61. The highest BCUT2D eigenvalue weighted by Gasteiger charge is 2.34. The lowest BCUT2D eigenvalue weighted by atomic mass is 10.0. The van der Waals surface area contributed by atoms with Crippen LogP contribution in [-0.4, -0.2) is 32.3 Å². The molecule has 0 radical (unpaired) electrons. The third kappa shape index (κ3) is 5.24. The Bertz CT molecular complexity index is 1350. The highest BCUT2D eigenvalue weighted by atomic mass is 19.4. The second kappa shape index (κ2) is 9.72. The van der Waals surface area contributed by atoms with Crippen LogP contribution in [0.1, 0.15) is 35.1 Å². The fourth-order valence-electron chi connectivity index (χ4n) is 4.36. The van der Waals surface area contributed by atoms with Crippen LogP contribution in [0, 0.1) is 12.7 Å². The van der Waals surface area contributed by atoms with Crippen molar-refractivity contribution in [3.05, 3.63) is 95.1 Å². The summed E-state index contributed by atoms with van der Waals surface area (Å²) >= 11 is 0. The predicted molar refractivity (Wildman–Crippen MR) is 129 cm³/mol. The molecule has 9 heteroatoms. The maximum Gasteiger partial charge on any atom is 0.416 e. The SMILES string of the molecule is Cc1cc(C(F)(F)F)ccc1Cn1c(-c2cccnc2)nnc1N(CCc1cccc(F)c1)C1CC1. The van der Waals surface area contributed by atoms with Gasteiger partial charge >= 0.3 is 6.18 Å². The Morgan fingerprint density at radius 3 is 2.53 bits per heavy atom. The lowest BCUT2D eigenvalue weighted by Crippen LogP contribution is -2.31. The summed E-state index contributed by atoms with van der Waals surface area (Å²) in [4.78, 5) is 6.37. The van der Waals surface area contributed by atoms with E-state index in [1.165, 1.54) is 24.3 Å². The number of aromatic nitrogens is 4. The zero-order valence-electron chi connectivity index (χ0n) is 19.7. The van der Waals surface area contributed by atoms with Crippen LogP contribution in [0.25, 0.3) is 11.4 Å². The first kappa shape index (κ1) is 24.0.